The van der Waals surface area contributed by atoms with Crippen LogP contribution in [0.5, 0.6) is 0 Å². The molecule has 1 aromatic rings. The van der Waals surface area contributed by atoms with E-state index in [1.165, 1.54) is 15.8 Å². The first-order valence-corrected chi connectivity index (χ1v) is 5.54. The molecule has 9 nitrogen and oxygen atoms in total. The van der Waals surface area contributed by atoms with Gasteiger partial charge in [-0.15, -0.1) is 5.10 Å². The molecule has 2 amide bonds. The maximum absolute atomic E-state index is 11.5. The van der Waals surface area contributed by atoms with Crippen molar-refractivity contribution in [1.29, 1.82) is 5.26 Å². The van der Waals surface area contributed by atoms with Crippen molar-refractivity contribution in [3.05, 3.63) is 11.9 Å². The van der Waals surface area contributed by atoms with Gasteiger partial charge in [0.15, 0.2) is 5.69 Å². The van der Waals surface area contributed by atoms with Crippen molar-refractivity contribution in [3.63, 3.8) is 0 Å². The summed E-state index contributed by atoms with van der Waals surface area (Å²) < 4.78 is 1.33. The number of nitriles is 1. The Morgan fingerprint density at radius 2 is 2.37 bits per heavy atom. The first-order chi connectivity index (χ1) is 9.04. The van der Waals surface area contributed by atoms with Crippen LogP contribution in [0.4, 0.5) is 4.79 Å². The standard InChI is InChI=1S/C10H14N6O3/c1-15(5-2-3-11)10(19)12-4-6-16-7-8(9(17)18)13-14-16/h7H,2,4-6H2,1H3,(H,12,19)(H,17,18). The van der Waals surface area contributed by atoms with Gasteiger partial charge in [-0.2, -0.15) is 5.26 Å². The van der Waals surface area contributed by atoms with Crippen molar-refractivity contribution >= 4 is 12.0 Å². The zero-order chi connectivity index (χ0) is 14.3. The zero-order valence-corrected chi connectivity index (χ0v) is 10.4. The molecule has 2 N–H and O–H groups in total. The van der Waals surface area contributed by atoms with E-state index in [4.69, 9.17) is 10.4 Å². The van der Waals surface area contributed by atoms with E-state index in [0.29, 0.717) is 13.1 Å². The molecule has 0 radical (unpaired) electrons. The number of urea groups is 1. The van der Waals surface area contributed by atoms with Gasteiger partial charge in [-0.25, -0.2) is 14.3 Å². The molecule has 0 bridgehead atoms. The molecule has 0 aliphatic carbocycles. The molecule has 0 saturated heterocycles. The first kappa shape index (κ1) is 14.4. The third-order valence-electron chi connectivity index (χ3n) is 2.28. The molecule has 0 fully saturated rings. The smallest absolute Gasteiger partial charge is 0.358 e. The Kier molecular flexibility index (Phi) is 5.28. The van der Waals surface area contributed by atoms with Crippen LogP contribution in [0.1, 0.15) is 16.9 Å². The highest BCUT2D eigenvalue weighted by Crippen LogP contribution is 1.92. The van der Waals surface area contributed by atoms with Gasteiger partial charge in [-0.1, -0.05) is 5.21 Å². The fraction of sp³-hybridized carbons (Fsp3) is 0.500. The maximum atomic E-state index is 11.5. The molecule has 1 aromatic heterocycles. The summed E-state index contributed by atoms with van der Waals surface area (Å²) in [4.78, 5) is 23.5. The third-order valence-corrected chi connectivity index (χ3v) is 2.28. The third kappa shape index (κ3) is 4.63. The van der Waals surface area contributed by atoms with E-state index >= 15 is 0 Å². The largest absolute Gasteiger partial charge is 0.476 e. The van der Waals surface area contributed by atoms with Gasteiger partial charge in [0.05, 0.1) is 25.2 Å². The normalized spacial score (nSPS) is 9.68. The van der Waals surface area contributed by atoms with E-state index in [1.807, 2.05) is 6.07 Å². The van der Waals surface area contributed by atoms with Crippen LogP contribution in [0, 0.1) is 11.3 Å². The molecule has 0 unspecified atom stereocenters. The van der Waals surface area contributed by atoms with Gasteiger partial charge in [-0.3, -0.25) is 0 Å². The lowest BCUT2D eigenvalue weighted by Crippen LogP contribution is -2.39. The van der Waals surface area contributed by atoms with E-state index in [1.54, 1.807) is 7.05 Å². The second kappa shape index (κ2) is 6.95. The quantitative estimate of drug-likeness (QED) is 0.717. The van der Waals surface area contributed by atoms with Gasteiger partial charge in [0.25, 0.3) is 0 Å². The zero-order valence-electron chi connectivity index (χ0n) is 10.4. The second-order valence-corrected chi connectivity index (χ2v) is 3.73. The predicted octanol–water partition coefficient (Wildman–Crippen LogP) is -0.469. The van der Waals surface area contributed by atoms with Crippen LogP contribution < -0.4 is 5.32 Å². The monoisotopic (exact) mass is 266 g/mol. The lowest BCUT2D eigenvalue weighted by atomic mass is 10.4. The fourth-order valence-electron chi connectivity index (χ4n) is 1.24. The van der Waals surface area contributed by atoms with E-state index in [-0.39, 0.29) is 24.7 Å². The lowest BCUT2D eigenvalue weighted by Gasteiger charge is -2.16. The summed E-state index contributed by atoms with van der Waals surface area (Å²) in [6, 6.07) is 1.65. The SMILES string of the molecule is CN(CCC#N)C(=O)NCCn1cc(C(=O)O)nn1. The van der Waals surface area contributed by atoms with Crippen LogP contribution in [-0.4, -0.2) is 57.1 Å². The Morgan fingerprint density at radius 3 is 2.95 bits per heavy atom. The topological polar surface area (TPSA) is 124 Å². The summed E-state index contributed by atoms with van der Waals surface area (Å²) in [5.74, 6) is -1.15. The summed E-state index contributed by atoms with van der Waals surface area (Å²) in [6.07, 6.45) is 1.56. The van der Waals surface area contributed by atoms with Crippen molar-refractivity contribution in [2.45, 2.75) is 13.0 Å². The van der Waals surface area contributed by atoms with Crippen molar-refractivity contribution in [3.8, 4) is 6.07 Å². The molecule has 1 heterocycles. The minimum atomic E-state index is -1.15. The molecule has 19 heavy (non-hydrogen) atoms. The number of rotatable bonds is 6. The van der Waals surface area contributed by atoms with Crippen LogP contribution in [0.25, 0.3) is 0 Å². The number of hydrogen-bond acceptors (Lipinski definition) is 5. The lowest BCUT2D eigenvalue weighted by molar-refractivity contribution is 0.0690. The molecule has 0 atom stereocenters. The van der Waals surface area contributed by atoms with Gasteiger partial charge in [-0.05, 0) is 0 Å². The number of carboxylic acid groups (broad SMARTS) is 1. The Morgan fingerprint density at radius 1 is 1.63 bits per heavy atom. The van der Waals surface area contributed by atoms with Gasteiger partial charge in [0.2, 0.25) is 0 Å². The molecule has 9 heteroatoms. The number of amides is 2. The van der Waals surface area contributed by atoms with Gasteiger partial charge in [0.1, 0.15) is 0 Å². The molecule has 1 rings (SSSR count). The number of hydrogen-bond donors (Lipinski definition) is 2. The number of nitrogens with zero attached hydrogens (tertiary/aromatic N) is 5. The molecular weight excluding hydrogens is 252 g/mol. The number of aromatic nitrogens is 3. The maximum Gasteiger partial charge on any atom is 0.358 e. The van der Waals surface area contributed by atoms with Crippen LogP contribution in [0.2, 0.25) is 0 Å². The molecule has 0 spiro atoms. The summed E-state index contributed by atoms with van der Waals surface area (Å²) >= 11 is 0. The van der Waals surface area contributed by atoms with Gasteiger partial charge >= 0.3 is 12.0 Å². The molecule has 0 aliphatic heterocycles. The highest BCUT2D eigenvalue weighted by atomic mass is 16.4. The van der Waals surface area contributed by atoms with E-state index in [2.05, 4.69) is 15.6 Å². The van der Waals surface area contributed by atoms with Crippen molar-refractivity contribution in [2.75, 3.05) is 20.1 Å². The van der Waals surface area contributed by atoms with Gasteiger partial charge in [0, 0.05) is 20.1 Å². The average molecular weight is 266 g/mol. The first-order valence-electron chi connectivity index (χ1n) is 5.54. The average Bonchev–Trinajstić information content (AvgIpc) is 2.84. The van der Waals surface area contributed by atoms with Crippen LogP contribution in [-0.2, 0) is 6.54 Å². The molecule has 0 aromatic carbocycles. The summed E-state index contributed by atoms with van der Waals surface area (Å²) in [7, 11) is 1.59. The Hall–Kier alpha value is -2.63. The predicted molar refractivity (Wildman–Crippen MR) is 63.2 cm³/mol. The summed E-state index contributed by atoms with van der Waals surface area (Å²) in [5, 5.41) is 26.7. The fourth-order valence-corrected chi connectivity index (χ4v) is 1.24. The van der Waals surface area contributed by atoms with Crippen molar-refractivity contribution in [2.24, 2.45) is 0 Å². The number of carbonyl (C=O) groups is 2. The van der Waals surface area contributed by atoms with E-state index in [9.17, 15) is 9.59 Å². The number of nitrogens with one attached hydrogen (secondary N) is 1. The van der Waals surface area contributed by atoms with Gasteiger partial charge < -0.3 is 15.3 Å². The molecule has 0 saturated carbocycles. The second-order valence-electron chi connectivity index (χ2n) is 3.73. The number of aromatic carboxylic acids is 1. The highest BCUT2D eigenvalue weighted by Gasteiger charge is 2.09. The van der Waals surface area contributed by atoms with Crippen LogP contribution in [0.3, 0.4) is 0 Å². The van der Waals surface area contributed by atoms with Crippen LogP contribution in [0.15, 0.2) is 6.20 Å². The van der Waals surface area contributed by atoms with Crippen molar-refractivity contribution < 1.29 is 14.7 Å². The summed E-state index contributed by atoms with van der Waals surface area (Å²) in [5.41, 5.74) is -0.141. The van der Waals surface area contributed by atoms with Crippen molar-refractivity contribution in [1.82, 2.24) is 25.2 Å². The number of carbonyl (C=O) groups excluding carboxylic acids is 1. The minimum Gasteiger partial charge on any atom is -0.476 e. The van der Waals surface area contributed by atoms with Crippen LogP contribution >= 0.6 is 0 Å². The van der Waals surface area contributed by atoms with E-state index in [0.717, 1.165) is 0 Å². The minimum absolute atomic E-state index is 0.141. The number of carboxylic acids is 1. The Bertz CT molecular complexity index is 492. The highest BCUT2D eigenvalue weighted by molar-refractivity contribution is 5.84. The summed E-state index contributed by atoms with van der Waals surface area (Å²) in [6.45, 7) is 0.963. The molecule has 102 valence electrons. The molecular formula is C10H14N6O3. The Balaban J connectivity index is 2.31. The van der Waals surface area contributed by atoms with E-state index < -0.39 is 5.97 Å². The molecule has 0 aliphatic rings. The Labute approximate surface area is 109 Å².